The van der Waals surface area contributed by atoms with Crippen LogP contribution < -0.4 is 10.9 Å². The number of nitrogens with one attached hydrogen (secondary N) is 1. The molecule has 5 fully saturated rings. The van der Waals surface area contributed by atoms with Crippen LogP contribution in [-0.4, -0.2) is 39.0 Å². The molecule has 6 nitrogen and oxygen atoms in total. The van der Waals surface area contributed by atoms with E-state index >= 15 is 0 Å². The molecule has 4 aliphatic carbocycles. The monoisotopic (exact) mass is 467 g/mol. The Balaban J connectivity index is 1.24. The lowest BCUT2D eigenvalue weighted by atomic mass is 9.53. The highest BCUT2D eigenvalue weighted by Crippen LogP contribution is 2.55. The molecule has 33 heavy (non-hydrogen) atoms. The number of hydrogen-bond acceptors (Lipinski definition) is 5. The largest absolute Gasteiger partial charge is 0.376 e. The predicted molar refractivity (Wildman–Crippen MR) is 129 cm³/mol. The molecule has 1 aromatic carbocycles. The lowest BCUT2D eigenvalue weighted by Gasteiger charge is -2.57. The molecule has 7 rings (SSSR count). The van der Waals surface area contributed by atoms with Gasteiger partial charge in [-0.15, -0.1) is 0 Å². The van der Waals surface area contributed by atoms with E-state index in [0.29, 0.717) is 22.6 Å². The zero-order valence-electron chi connectivity index (χ0n) is 19.3. The predicted octanol–water partition coefficient (Wildman–Crippen LogP) is 4.14. The van der Waals surface area contributed by atoms with Crippen molar-refractivity contribution in [2.45, 2.75) is 86.9 Å². The summed E-state index contributed by atoms with van der Waals surface area (Å²) in [5.41, 5.74) is 0.629. The number of amides is 1. The first-order valence-electron chi connectivity index (χ1n) is 12.6. The van der Waals surface area contributed by atoms with E-state index in [4.69, 9.17) is 9.72 Å². The molecule has 5 aliphatic rings. The highest BCUT2D eigenvalue weighted by atomic mass is 32.2. The van der Waals surface area contributed by atoms with Crippen molar-refractivity contribution in [3.8, 4) is 0 Å². The van der Waals surface area contributed by atoms with Gasteiger partial charge in [0.15, 0.2) is 5.16 Å². The molecule has 1 amide bonds. The number of thioether (sulfide) groups is 1. The van der Waals surface area contributed by atoms with Gasteiger partial charge in [0, 0.05) is 12.1 Å². The summed E-state index contributed by atoms with van der Waals surface area (Å²) in [5.74, 6) is 2.45. The molecule has 2 heterocycles. The third-order valence-corrected chi connectivity index (χ3v) is 9.40. The van der Waals surface area contributed by atoms with Crippen LogP contribution in [0.5, 0.6) is 0 Å². The molecule has 4 saturated carbocycles. The van der Waals surface area contributed by atoms with Gasteiger partial charge >= 0.3 is 0 Å². The summed E-state index contributed by atoms with van der Waals surface area (Å²) in [6.45, 7) is 3.17. The van der Waals surface area contributed by atoms with E-state index in [2.05, 4.69) is 5.32 Å². The maximum atomic E-state index is 13.4. The van der Waals surface area contributed by atoms with Gasteiger partial charge in [-0.2, -0.15) is 0 Å². The van der Waals surface area contributed by atoms with Gasteiger partial charge in [-0.3, -0.25) is 14.2 Å². The highest BCUT2D eigenvalue weighted by Gasteiger charge is 2.51. The molecule has 1 saturated heterocycles. The summed E-state index contributed by atoms with van der Waals surface area (Å²) < 4.78 is 7.55. The van der Waals surface area contributed by atoms with Crippen molar-refractivity contribution >= 4 is 28.6 Å². The number of fused-ring (bicyclic) bond motifs is 1. The molecular weight excluding hydrogens is 434 g/mol. The second-order valence-corrected chi connectivity index (χ2v) is 12.2. The Morgan fingerprint density at radius 1 is 1.21 bits per heavy atom. The maximum absolute atomic E-state index is 13.4. The Morgan fingerprint density at radius 3 is 2.58 bits per heavy atom. The van der Waals surface area contributed by atoms with Crippen LogP contribution in [0.15, 0.2) is 34.2 Å². The summed E-state index contributed by atoms with van der Waals surface area (Å²) in [4.78, 5) is 31.5. The molecule has 7 heteroatoms. The lowest BCUT2D eigenvalue weighted by Crippen LogP contribution is -2.60. The average Bonchev–Trinajstić information content (AvgIpc) is 3.28. The highest BCUT2D eigenvalue weighted by molar-refractivity contribution is 8.00. The summed E-state index contributed by atoms with van der Waals surface area (Å²) in [6, 6.07) is 7.47. The van der Waals surface area contributed by atoms with Crippen LogP contribution in [0.1, 0.15) is 58.3 Å². The van der Waals surface area contributed by atoms with Crippen LogP contribution in [0.4, 0.5) is 0 Å². The van der Waals surface area contributed by atoms with E-state index in [1.165, 1.54) is 31.0 Å². The van der Waals surface area contributed by atoms with E-state index in [1.54, 1.807) is 4.57 Å². The Hall–Kier alpha value is -1.86. The van der Waals surface area contributed by atoms with E-state index in [0.717, 1.165) is 56.5 Å². The van der Waals surface area contributed by atoms with Gasteiger partial charge in [-0.1, -0.05) is 23.9 Å². The fourth-order valence-electron chi connectivity index (χ4n) is 7.23. The number of ether oxygens (including phenoxy) is 1. The Bertz CT molecular complexity index is 1090. The van der Waals surface area contributed by atoms with Crippen LogP contribution >= 0.6 is 11.8 Å². The molecule has 0 spiro atoms. The minimum Gasteiger partial charge on any atom is -0.376 e. The zero-order chi connectivity index (χ0) is 22.6. The minimum atomic E-state index is -0.318. The number of hydrogen-bond donors (Lipinski definition) is 1. The maximum Gasteiger partial charge on any atom is 0.262 e. The Labute approximate surface area is 198 Å². The summed E-state index contributed by atoms with van der Waals surface area (Å²) >= 11 is 1.40. The number of carbonyl (C=O) groups is 1. The Morgan fingerprint density at radius 2 is 1.91 bits per heavy atom. The van der Waals surface area contributed by atoms with Crippen LogP contribution in [-0.2, 0) is 16.1 Å². The average molecular weight is 468 g/mol. The van der Waals surface area contributed by atoms with Gasteiger partial charge < -0.3 is 10.1 Å². The molecule has 1 N–H and O–H groups in total. The molecule has 0 radical (unpaired) electrons. The first-order valence-corrected chi connectivity index (χ1v) is 13.5. The van der Waals surface area contributed by atoms with Crippen LogP contribution in [0.3, 0.4) is 0 Å². The molecule has 2 aromatic rings. The van der Waals surface area contributed by atoms with Crippen molar-refractivity contribution in [2.24, 2.45) is 17.8 Å². The molecule has 1 aromatic heterocycles. The van der Waals surface area contributed by atoms with Gasteiger partial charge in [0.25, 0.3) is 5.56 Å². The smallest absolute Gasteiger partial charge is 0.262 e. The second-order valence-electron chi connectivity index (χ2n) is 10.9. The van der Waals surface area contributed by atoms with Gasteiger partial charge in [0.05, 0.1) is 28.8 Å². The summed E-state index contributed by atoms with van der Waals surface area (Å²) in [7, 11) is 0. The van der Waals surface area contributed by atoms with Crippen LogP contribution in [0.25, 0.3) is 10.9 Å². The van der Waals surface area contributed by atoms with Crippen molar-refractivity contribution in [1.82, 2.24) is 14.9 Å². The number of nitrogens with zero attached hydrogens (tertiary/aromatic N) is 2. The molecule has 4 bridgehead atoms. The third-order valence-electron chi connectivity index (χ3n) is 8.31. The fourth-order valence-corrected chi connectivity index (χ4v) is 8.15. The van der Waals surface area contributed by atoms with E-state index in [-0.39, 0.29) is 28.4 Å². The standard InChI is InChI=1S/C26H33N3O3S/c1-16(23(30)28-26-12-17-9-18(13-26)11-19(10-17)14-26)33-25-27-22-7-3-2-6-21(22)24(31)29(25)15-20-5-4-8-32-20/h2-3,6-7,16-20H,4-5,8-15H2,1H3,(H,28,30). The van der Waals surface area contributed by atoms with Gasteiger partial charge in [0.2, 0.25) is 5.91 Å². The number of carbonyl (C=O) groups excluding carboxylic acids is 1. The number of para-hydroxylation sites is 1. The van der Waals surface area contributed by atoms with Gasteiger partial charge in [-0.25, -0.2) is 4.98 Å². The second kappa shape index (κ2) is 8.42. The molecule has 2 unspecified atom stereocenters. The minimum absolute atomic E-state index is 0.00514. The fraction of sp³-hybridized carbons (Fsp3) is 0.654. The number of benzene rings is 1. The normalized spacial score (nSPS) is 33.5. The third kappa shape index (κ3) is 4.12. The van der Waals surface area contributed by atoms with E-state index in [1.807, 2.05) is 31.2 Å². The zero-order valence-corrected chi connectivity index (χ0v) is 20.1. The Kier molecular flexibility index (Phi) is 5.52. The SMILES string of the molecule is CC(Sc1nc2ccccc2c(=O)n1CC1CCCO1)C(=O)NC12CC3CC(CC(C3)C1)C2. The molecular formula is C26H33N3O3S. The molecule has 176 valence electrons. The summed E-state index contributed by atoms with van der Waals surface area (Å²) in [6.07, 6.45) is 9.49. The number of aromatic nitrogens is 2. The van der Waals surface area contributed by atoms with Crippen molar-refractivity contribution in [2.75, 3.05) is 6.61 Å². The van der Waals surface area contributed by atoms with E-state index in [9.17, 15) is 9.59 Å². The van der Waals surface area contributed by atoms with Crippen molar-refractivity contribution in [3.63, 3.8) is 0 Å². The van der Waals surface area contributed by atoms with E-state index < -0.39 is 0 Å². The number of rotatable bonds is 6. The molecule has 2 atom stereocenters. The van der Waals surface area contributed by atoms with Crippen molar-refractivity contribution < 1.29 is 9.53 Å². The van der Waals surface area contributed by atoms with Crippen LogP contribution in [0.2, 0.25) is 0 Å². The lowest BCUT2D eigenvalue weighted by molar-refractivity contribution is -0.126. The molecule has 1 aliphatic heterocycles. The first kappa shape index (κ1) is 21.7. The van der Waals surface area contributed by atoms with Crippen LogP contribution in [0, 0.1) is 17.8 Å². The van der Waals surface area contributed by atoms with Gasteiger partial charge in [0.1, 0.15) is 0 Å². The van der Waals surface area contributed by atoms with Crippen molar-refractivity contribution in [1.29, 1.82) is 0 Å². The topological polar surface area (TPSA) is 73.2 Å². The van der Waals surface area contributed by atoms with Crippen molar-refractivity contribution in [3.05, 3.63) is 34.6 Å². The quantitative estimate of drug-likeness (QED) is 0.511. The first-order chi connectivity index (χ1) is 16.0. The van der Waals surface area contributed by atoms with Gasteiger partial charge in [-0.05, 0) is 88.2 Å². The summed E-state index contributed by atoms with van der Waals surface area (Å²) in [5, 5.41) is 4.40.